The van der Waals surface area contributed by atoms with Crippen LogP contribution in [-0.2, 0) is 17.1 Å². The van der Waals surface area contributed by atoms with Gasteiger partial charge in [-0.2, -0.15) is 8.42 Å². The van der Waals surface area contributed by atoms with E-state index in [1.165, 1.54) is 44.6 Å². The molecule has 2 N–H and O–H groups in total. The van der Waals surface area contributed by atoms with Crippen molar-refractivity contribution in [3.63, 3.8) is 0 Å². The third kappa shape index (κ3) is 6.50. The molecule has 1 aliphatic heterocycles. The molecule has 0 radical (unpaired) electrons. The van der Waals surface area contributed by atoms with Crippen LogP contribution in [0.5, 0.6) is 5.75 Å². The van der Waals surface area contributed by atoms with E-state index in [2.05, 4.69) is 21.7 Å². The molecular formula is C27H41N5O5S. The summed E-state index contributed by atoms with van der Waals surface area (Å²) in [4.78, 5) is 21.6. The molecule has 11 heteroatoms. The second-order valence-corrected chi connectivity index (χ2v) is 12.6. The Hall–Kier alpha value is -2.63. The van der Waals surface area contributed by atoms with E-state index in [9.17, 15) is 18.3 Å². The zero-order valence-electron chi connectivity index (χ0n) is 22.8. The number of aliphatic hydroxyl groups excluding tert-OH is 1. The molecule has 0 unspecified atom stereocenters. The molecule has 0 spiro atoms. The Morgan fingerprint density at radius 2 is 1.97 bits per heavy atom. The van der Waals surface area contributed by atoms with Crippen molar-refractivity contribution in [3.05, 3.63) is 36.3 Å². The number of aryl methyl sites for hydroxylation is 1. The van der Waals surface area contributed by atoms with Crippen molar-refractivity contribution in [3.8, 4) is 5.75 Å². The van der Waals surface area contributed by atoms with Crippen molar-refractivity contribution in [1.82, 2.24) is 19.4 Å². The minimum absolute atomic E-state index is 0.0599. The lowest BCUT2D eigenvalue weighted by molar-refractivity contribution is 0.0333. The average molecular weight is 548 g/mol. The van der Waals surface area contributed by atoms with E-state index >= 15 is 0 Å². The van der Waals surface area contributed by atoms with Crippen LogP contribution in [0.3, 0.4) is 0 Å². The lowest BCUT2D eigenvalue weighted by atomic mass is 9.89. The number of carbonyl (C=O) groups is 1. The van der Waals surface area contributed by atoms with E-state index in [1.807, 2.05) is 13.8 Å². The van der Waals surface area contributed by atoms with E-state index in [-0.39, 0.29) is 46.6 Å². The van der Waals surface area contributed by atoms with Gasteiger partial charge in [0.15, 0.2) is 10.8 Å². The maximum absolute atomic E-state index is 13.6. The lowest BCUT2D eigenvalue weighted by Gasteiger charge is -2.39. The number of likely N-dealkylation sites (N-methyl/N-ethyl adjacent to an activating group) is 1. The number of anilines is 1. The first-order valence-corrected chi connectivity index (χ1v) is 15.0. The fraction of sp³-hybridized carbons (Fsp3) is 0.630. The number of hydrogen-bond acceptors (Lipinski definition) is 7. The fourth-order valence-electron chi connectivity index (χ4n) is 5.46. The Kier molecular flexibility index (Phi) is 9.00. The molecular weight excluding hydrogens is 506 g/mol. The molecule has 38 heavy (non-hydrogen) atoms. The molecule has 0 bridgehead atoms. The predicted octanol–water partition coefficient (Wildman–Crippen LogP) is 2.95. The number of aliphatic hydroxyl groups is 1. The van der Waals surface area contributed by atoms with Gasteiger partial charge >= 0.3 is 0 Å². The number of para-hydroxylation sites is 1. The maximum atomic E-state index is 13.6. The summed E-state index contributed by atoms with van der Waals surface area (Å²) in [5.74, 6) is 0.504. The van der Waals surface area contributed by atoms with E-state index in [0.29, 0.717) is 19.0 Å². The first kappa shape index (κ1) is 28.4. The Morgan fingerprint density at radius 3 is 2.63 bits per heavy atom. The average Bonchev–Trinajstić information content (AvgIpc) is 3.34. The second kappa shape index (κ2) is 12.0. The molecule has 1 fully saturated rings. The summed E-state index contributed by atoms with van der Waals surface area (Å²) in [5, 5.41) is 9.77. The molecule has 1 aromatic carbocycles. The van der Waals surface area contributed by atoms with Gasteiger partial charge in [0.25, 0.3) is 15.9 Å². The summed E-state index contributed by atoms with van der Waals surface area (Å²) in [6.07, 6.45) is 8.87. The Balaban J connectivity index is 1.67. The number of sulfonamides is 1. The number of nitrogens with zero attached hydrogens (tertiary/aromatic N) is 4. The molecule has 4 rings (SSSR count). The number of carbonyl (C=O) groups excluding carboxylic acids is 1. The summed E-state index contributed by atoms with van der Waals surface area (Å²) in [6, 6.07) is 4.48. The van der Waals surface area contributed by atoms with Crippen LogP contribution in [0.15, 0.2) is 35.7 Å². The van der Waals surface area contributed by atoms with E-state index in [1.54, 1.807) is 34.7 Å². The van der Waals surface area contributed by atoms with E-state index in [0.717, 1.165) is 6.54 Å². The van der Waals surface area contributed by atoms with Crippen LogP contribution >= 0.6 is 0 Å². The van der Waals surface area contributed by atoms with Gasteiger partial charge in [-0.15, -0.1) is 0 Å². The third-order valence-corrected chi connectivity index (χ3v) is 8.93. The normalized spacial score (nSPS) is 21.9. The summed E-state index contributed by atoms with van der Waals surface area (Å²) in [7, 11) is -0.220. The predicted molar refractivity (Wildman–Crippen MR) is 146 cm³/mol. The highest BCUT2D eigenvalue weighted by Gasteiger charge is 2.35. The van der Waals surface area contributed by atoms with Crippen molar-refractivity contribution >= 4 is 21.6 Å². The highest BCUT2D eigenvalue weighted by atomic mass is 32.2. The van der Waals surface area contributed by atoms with Gasteiger partial charge in [-0.1, -0.05) is 32.3 Å². The molecule has 1 aliphatic carbocycles. The number of amides is 1. The molecule has 3 atom stereocenters. The quantitative estimate of drug-likeness (QED) is 0.496. The molecule has 10 nitrogen and oxygen atoms in total. The van der Waals surface area contributed by atoms with Crippen LogP contribution in [0.4, 0.5) is 5.69 Å². The molecule has 2 aliphatic rings. The SMILES string of the molecule is C[C@H](CO)N1C[C@H](C)[C@H](CN(C)CC2CCCCC2)Oc2c(NS(=O)(=O)c3cn(C)cn3)cccc2C1=O. The summed E-state index contributed by atoms with van der Waals surface area (Å²) < 4.78 is 36.9. The monoisotopic (exact) mass is 547 g/mol. The lowest BCUT2D eigenvalue weighted by Crippen LogP contribution is -2.50. The van der Waals surface area contributed by atoms with Crippen LogP contribution < -0.4 is 9.46 Å². The van der Waals surface area contributed by atoms with Crippen molar-refractivity contribution < 1.29 is 23.1 Å². The van der Waals surface area contributed by atoms with Gasteiger partial charge in [0, 0.05) is 38.8 Å². The van der Waals surface area contributed by atoms with Crippen LogP contribution in [0.1, 0.15) is 56.3 Å². The first-order chi connectivity index (χ1) is 18.1. The number of imidazole rings is 1. The smallest absolute Gasteiger partial charge is 0.281 e. The molecule has 2 aromatic rings. The Labute approximate surface area is 226 Å². The minimum Gasteiger partial charge on any atom is -0.486 e. The summed E-state index contributed by atoms with van der Waals surface area (Å²) in [6.45, 7) is 5.70. The molecule has 1 amide bonds. The van der Waals surface area contributed by atoms with Crippen LogP contribution in [-0.4, -0.2) is 84.2 Å². The maximum Gasteiger partial charge on any atom is 0.281 e. The van der Waals surface area contributed by atoms with E-state index < -0.39 is 16.1 Å². The Bertz CT molecular complexity index is 1210. The van der Waals surface area contributed by atoms with Crippen molar-refractivity contribution in [2.24, 2.45) is 18.9 Å². The van der Waals surface area contributed by atoms with Crippen molar-refractivity contribution in [1.29, 1.82) is 0 Å². The summed E-state index contributed by atoms with van der Waals surface area (Å²) >= 11 is 0. The highest BCUT2D eigenvalue weighted by Crippen LogP contribution is 2.36. The Morgan fingerprint density at radius 1 is 1.24 bits per heavy atom. The van der Waals surface area contributed by atoms with Gasteiger partial charge < -0.3 is 24.2 Å². The van der Waals surface area contributed by atoms with Crippen molar-refractivity contribution in [2.45, 2.75) is 63.1 Å². The topological polar surface area (TPSA) is 117 Å². The van der Waals surface area contributed by atoms with Gasteiger partial charge in [-0.05, 0) is 44.9 Å². The molecule has 2 heterocycles. The number of ether oxygens (including phenoxy) is 1. The van der Waals surface area contributed by atoms with Crippen molar-refractivity contribution in [2.75, 3.05) is 38.0 Å². The standard InChI is InChI=1S/C27H41N5O5S/c1-19-13-32(20(2)17-33)27(34)22-11-8-12-23(29-38(35,36)25-16-31(4)18-28-25)26(22)37-24(19)15-30(3)14-21-9-6-5-7-10-21/h8,11-12,16,18-21,24,29,33H,5-7,9-10,13-15,17H2,1-4H3/t19-,20+,24-/m0/s1. The summed E-state index contributed by atoms with van der Waals surface area (Å²) in [5.41, 5.74) is 0.450. The fourth-order valence-corrected chi connectivity index (χ4v) is 6.50. The van der Waals surface area contributed by atoms with Crippen LogP contribution in [0, 0.1) is 11.8 Å². The second-order valence-electron chi connectivity index (χ2n) is 11.0. The number of aromatic nitrogens is 2. The van der Waals surface area contributed by atoms with Gasteiger partial charge in [0.2, 0.25) is 0 Å². The first-order valence-electron chi connectivity index (χ1n) is 13.5. The number of fused-ring (bicyclic) bond motifs is 1. The van der Waals surface area contributed by atoms with Gasteiger partial charge in [-0.3, -0.25) is 9.52 Å². The molecule has 1 saturated carbocycles. The zero-order chi connectivity index (χ0) is 27.4. The number of nitrogens with one attached hydrogen (secondary N) is 1. The third-order valence-electron chi connectivity index (χ3n) is 7.68. The van der Waals surface area contributed by atoms with Gasteiger partial charge in [-0.25, -0.2) is 4.98 Å². The van der Waals surface area contributed by atoms with Crippen LogP contribution in [0.25, 0.3) is 0 Å². The molecule has 1 aromatic heterocycles. The largest absolute Gasteiger partial charge is 0.486 e. The van der Waals surface area contributed by atoms with Crippen LogP contribution in [0.2, 0.25) is 0 Å². The van der Waals surface area contributed by atoms with Gasteiger partial charge in [0.05, 0.1) is 30.2 Å². The highest BCUT2D eigenvalue weighted by molar-refractivity contribution is 7.92. The molecule has 0 saturated heterocycles. The zero-order valence-corrected chi connectivity index (χ0v) is 23.7. The van der Waals surface area contributed by atoms with Gasteiger partial charge in [0.1, 0.15) is 6.10 Å². The number of benzene rings is 1. The molecule has 210 valence electrons. The van der Waals surface area contributed by atoms with E-state index in [4.69, 9.17) is 4.74 Å². The number of rotatable bonds is 9. The number of hydrogen-bond donors (Lipinski definition) is 2. The minimum atomic E-state index is -4.01.